The normalized spacial score (nSPS) is 17.6. The van der Waals surface area contributed by atoms with Gasteiger partial charge >= 0.3 is 0 Å². The third-order valence-electron chi connectivity index (χ3n) is 7.67. The third kappa shape index (κ3) is 7.94. The van der Waals surface area contributed by atoms with Gasteiger partial charge in [-0.15, -0.1) is 0 Å². The zero-order valence-electron chi connectivity index (χ0n) is 25.1. The van der Waals surface area contributed by atoms with Crippen LogP contribution in [0.1, 0.15) is 35.6 Å². The molecule has 5 rings (SSSR count). The van der Waals surface area contributed by atoms with Gasteiger partial charge in [-0.05, 0) is 60.0 Å². The van der Waals surface area contributed by atoms with Gasteiger partial charge < -0.3 is 14.6 Å². The Labute approximate surface area is 274 Å². The maximum absolute atomic E-state index is 14.2. The maximum atomic E-state index is 14.2. The molecule has 0 aromatic heterocycles. The van der Waals surface area contributed by atoms with Gasteiger partial charge in [-0.1, -0.05) is 78.3 Å². The molecule has 3 N–H and O–H groups in total. The summed E-state index contributed by atoms with van der Waals surface area (Å²) in [7, 11) is -3.76. The Morgan fingerprint density at radius 2 is 1.61 bits per heavy atom. The second kappa shape index (κ2) is 15.4. The van der Waals surface area contributed by atoms with Crippen molar-refractivity contribution in [2.24, 2.45) is 4.99 Å². The van der Waals surface area contributed by atoms with Crippen molar-refractivity contribution >= 4 is 33.2 Å². The number of aliphatic hydroxyl groups excluding tert-OH is 1. The molecule has 0 aliphatic carbocycles. The van der Waals surface area contributed by atoms with Crippen molar-refractivity contribution < 1.29 is 27.8 Å². The molecule has 0 saturated carbocycles. The number of hydrogen-bond donors (Lipinski definition) is 3. The van der Waals surface area contributed by atoms with E-state index in [0.29, 0.717) is 47.9 Å². The fourth-order valence-electron chi connectivity index (χ4n) is 5.18. The van der Waals surface area contributed by atoms with E-state index < -0.39 is 27.4 Å². The van der Waals surface area contributed by atoms with Crippen LogP contribution in [-0.4, -0.2) is 56.4 Å². The predicted molar refractivity (Wildman–Crippen MR) is 178 cm³/mol. The molecule has 0 saturated heterocycles. The van der Waals surface area contributed by atoms with E-state index in [-0.39, 0.29) is 29.6 Å². The van der Waals surface area contributed by atoms with Crippen LogP contribution in [0.5, 0.6) is 5.75 Å². The smallest absolute Gasteiger partial charge is 0.266 e. The Kier molecular flexibility index (Phi) is 11.1. The lowest BCUT2D eigenvalue weighted by atomic mass is 9.85. The summed E-state index contributed by atoms with van der Waals surface area (Å²) in [6.45, 7) is 0.771. The van der Waals surface area contributed by atoms with Crippen LogP contribution < -0.4 is 15.6 Å². The highest BCUT2D eigenvalue weighted by atomic mass is 35.5. The van der Waals surface area contributed by atoms with Crippen LogP contribution in [0.3, 0.4) is 0 Å². The summed E-state index contributed by atoms with van der Waals surface area (Å²) in [5.74, 6) is -0.0524. The quantitative estimate of drug-likeness (QED) is 0.120. The van der Waals surface area contributed by atoms with Crippen LogP contribution in [0, 0.1) is 0 Å². The number of hydrazine groups is 1. The van der Waals surface area contributed by atoms with Gasteiger partial charge in [0.2, 0.25) is 5.90 Å². The number of nitrogens with one attached hydrogen (secondary N) is 2. The van der Waals surface area contributed by atoms with Crippen LogP contribution >= 0.6 is 11.6 Å². The van der Waals surface area contributed by atoms with E-state index in [1.54, 1.807) is 42.5 Å². The lowest BCUT2D eigenvalue weighted by Crippen LogP contribution is -2.53. The first-order valence-corrected chi connectivity index (χ1v) is 17.1. The summed E-state index contributed by atoms with van der Waals surface area (Å²) in [6.07, 6.45) is -0.00434. The van der Waals surface area contributed by atoms with Crippen molar-refractivity contribution in [3.63, 3.8) is 0 Å². The van der Waals surface area contributed by atoms with E-state index in [4.69, 9.17) is 31.2 Å². The molecule has 9 nitrogen and oxygen atoms in total. The largest absolute Gasteiger partial charge is 0.494 e. The summed E-state index contributed by atoms with van der Waals surface area (Å²) >= 11 is 6.30. The van der Waals surface area contributed by atoms with Gasteiger partial charge in [0.25, 0.3) is 5.91 Å². The number of halogens is 1. The Hall–Kier alpha value is -4.22. The molecule has 0 spiro atoms. The third-order valence-corrected chi connectivity index (χ3v) is 9.77. The minimum atomic E-state index is -3.76. The van der Waals surface area contributed by atoms with Crippen molar-refractivity contribution in [3.05, 3.63) is 131 Å². The summed E-state index contributed by atoms with van der Waals surface area (Å²) in [6, 6.07) is 31.9. The van der Waals surface area contributed by atoms with E-state index in [2.05, 4.69) is 10.9 Å². The van der Waals surface area contributed by atoms with Gasteiger partial charge in [0.05, 0.1) is 17.3 Å². The molecule has 4 aromatic rings. The standard InChI is InChI=1S/C35H36ClN3O6S/c36-31-15-8-7-10-26(31)20-22-37-39-34(41)35(21-25-46(42,43)30-13-5-2-6-14-30)32(27-11-3-1-4-12-27)45-33(38-35)28-16-18-29(19-17-28)44-24-9-23-40/h1-8,10-19,32,37,40H,9,20-25H2,(H,39,41)/t32-,35-/m0/s1. The molecule has 11 heteroatoms. The van der Waals surface area contributed by atoms with E-state index >= 15 is 0 Å². The molecule has 0 bridgehead atoms. The molecular formula is C35H36ClN3O6S. The number of hydrogen-bond acceptors (Lipinski definition) is 8. The van der Waals surface area contributed by atoms with Crippen LogP contribution in [0.4, 0.5) is 0 Å². The molecule has 1 amide bonds. The second-order valence-corrected chi connectivity index (χ2v) is 13.3. The van der Waals surface area contributed by atoms with Crippen molar-refractivity contribution in [2.75, 3.05) is 25.5 Å². The van der Waals surface area contributed by atoms with Crippen LogP contribution in [0.25, 0.3) is 0 Å². The number of benzene rings is 4. The summed E-state index contributed by atoms with van der Waals surface area (Å²) < 4.78 is 39.0. The SMILES string of the molecule is O=C(NNCCc1ccccc1Cl)[C@@]1(CCS(=O)(=O)c2ccccc2)N=C(c2ccc(OCCCO)cc2)O[C@H]1c1ccccc1. The molecular weight excluding hydrogens is 626 g/mol. The number of carbonyl (C=O) groups is 1. The van der Waals surface area contributed by atoms with Crippen LogP contribution in [-0.2, 0) is 25.8 Å². The highest BCUT2D eigenvalue weighted by Crippen LogP contribution is 2.43. The number of nitrogens with zero attached hydrogens (tertiary/aromatic N) is 1. The van der Waals surface area contributed by atoms with Crippen molar-refractivity contribution in [1.82, 2.24) is 10.9 Å². The Morgan fingerprint density at radius 1 is 0.935 bits per heavy atom. The Balaban J connectivity index is 1.46. The average molecular weight is 662 g/mol. The number of amides is 1. The molecule has 0 unspecified atom stereocenters. The first-order valence-electron chi connectivity index (χ1n) is 15.0. The van der Waals surface area contributed by atoms with Gasteiger partial charge in [-0.2, -0.15) is 0 Å². The summed E-state index contributed by atoms with van der Waals surface area (Å²) in [5, 5.41) is 9.67. The Bertz CT molecular complexity index is 1740. The molecule has 1 aliphatic heterocycles. The number of aliphatic hydroxyl groups is 1. The van der Waals surface area contributed by atoms with Gasteiger partial charge in [-0.25, -0.2) is 18.8 Å². The van der Waals surface area contributed by atoms with Gasteiger partial charge in [-0.3, -0.25) is 10.2 Å². The number of carbonyl (C=O) groups excluding carboxylic acids is 1. The highest BCUT2D eigenvalue weighted by molar-refractivity contribution is 7.91. The van der Waals surface area contributed by atoms with Gasteiger partial charge in [0.1, 0.15) is 5.75 Å². The van der Waals surface area contributed by atoms with Gasteiger partial charge in [0.15, 0.2) is 21.5 Å². The van der Waals surface area contributed by atoms with E-state index in [0.717, 1.165) is 5.56 Å². The van der Waals surface area contributed by atoms with Crippen LogP contribution in [0.15, 0.2) is 119 Å². The van der Waals surface area contributed by atoms with Gasteiger partial charge in [0, 0.05) is 36.6 Å². The lowest BCUT2D eigenvalue weighted by Gasteiger charge is -2.30. The first kappa shape index (κ1) is 33.2. The maximum Gasteiger partial charge on any atom is 0.266 e. The topological polar surface area (TPSA) is 126 Å². The molecule has 1 aliphatic rings. The molecule has 240 valence electrons. The molecule has 1 heterocycles. The number of sulfone groups is 1. The molecule has 2 atom stereocenters. The van der Waals surface area contributed by atoms with E-state index in [9.17, 15) is 13.2 Å². The van der Waals surface area contributed by atoms with E-state index in [1.807, 2.05) is 54.6 Å². The minimum absolute atomic E-state index is 0.0304. The number of aliphatic imine (C=N–C) groups is 1. The summed E-state index contributed by atoms with van der Waals surface area (Å²) in [5.41, 5.74) is 6.33. The first-order chi connectivity index (χ1) is 22.3. The molecule has 46 heavy (non-hydrogen) atoms. The fourth-order valence-corrected chi connectivity index (χ4v) is 6.80. The molecule has 0 radical (unpaired) electrons. The zero-order valence-corrected chi connectivity index (χ0v) is 26.7. The summed E-state index contributed by atoms with van der Waals surface area (Å²) in [4.78, 5) is 19.3. The number of ether oxygens (including phenoxy) is 2. The van der Waals surface area contributed by atoms with E-state index in [1.165, 1.54) is 12.1 Å². The predicted octanol–water partition coefficient (Wildman–Crippen LogP) is 5.09. The van der Waals surface area contributed by atoms with Crippen LogP contribution in [0.2, 0.25) is 5.02 Å². The molecule has 0 fully saturated rings. The lowest BCUT2D eigenvalue weighted by molar-refractivity contribution is -0.130. The second-order valence-electron chi connectivity index (χ2n) is 10.8. The zero-order chi connectivity index (χ0) is 32.4. The minimum Gasteiger partial charge on any atom is -0.494 e. The van der Waals surface area contributed by atoms with Crippen molar-refractivity contribution in [3.8, 4) is 5.75 Å². The number of rotatable bonds is 15. The highest BCUT2D eigenvalue weighted by Gasteiger charge is 2.53. The van der Waals surface area contributed by atoms with Crippen molar-refractivity contribution in [1.29, 1.82) is 0 Å². The average Bonchev–Trinajstić information content (AvgIpc) is 3.49. The fraction of sp³-hybridized carbons (Fsp3) is 0.257. The monoisotopic (exact) mass is 661 g/mol. The Morgan fingerprint density at radius 3 is 2.30 bits per heavy atom. The van der Waals surface area contributed by atoms with Crippen molar-refractivity contribution in [2.45, 2.75) is 35.8 Å². The molecule has 4 aromatic carbocycles.